The summed E-state index contributed by atoms with van der Waals surface area (Å²) in [5.41, 5.74) is -0.644. The van der Waals surface area contributed by atoms with Crippen LogP contribution in [0.25, 0.3) is 0 Å². The van der Waals surface area contributed by atoms with Crippen LogP contribution in [0, 0.1) is 22.9 Å². The van der Waals surface area contributed by atoms with Crippen LogP contribution in [0.5, 0.6) is 0 Å². The average Bonchev–Trinajstić information content (AvgIpc) is 2.40. The van der Waals surface area contributed by atoms with Crippen LogP contribution in [-0.2, 0) is 4.79 Å². The minimum atomic E-state index is -0.880. The quantitative estimate of drug-likeness (QED) is 0.435. The molecule has 22 heavy (non-hydrogen) atoms. The maximum atomic E-state index is 13.3. The van der Waals surface area contributed by atoms with Gasteiger partial charge >= 0.3 is 5.97 Å². The number of rotatable bonds is 8. The maximum Gasteiger partial charge on any atom is 0.303 e. The van der Waals surface area contributed by atoms with Crippen molar-refractivity contribution in [2.45, 2.75) is 32.6 Å². The van der Waals surface area contributed by atoms with Gasteiger partial charge in [0.05, 0.1) is 4.92 Å². The number of nitro groups is 1. The van der Waals surface area contributed by atoms with E-state index < -0.39 is 28.3 Å². The van der Waals surface area contributed by atoms with Crippen molar-refractivity contribution in [3.63, 3.8) is 0 Å². The second kappa shape index (κ2) is 8.06. The molecule has 0 spiro atoms. The number of carboxylic acid groups (broad SMARTS) is 1. The molecule has 1 rings (SSSR count). The Morgan fingerprint density at radius 3 is 2.59 bits per heavy atom. The number of nitrogens with one attached hydrogen (secondary N) is 1. The van der Waals surface area contributed by atoms with Crippen LogP contribution in [0.15, 0.2) is 12.1 Å². The highest BCUT2D eigenvalue weighted by Crippen LogP contribution is 2.24. The molecular formula is C14H17FN2O5. The van der Waals surface area contributed by atoms with Crippen LogP contribution >= 0.6 is 0 Å². The predicted molar refractivity (Wildman–Crippen MR) is 76.2 cm³/mol. The molecule has 1 aromatic carbocycles. The minimum Gasteiger partial charge on any atom is -0.481 e. The van der Waals surface area contributed by atoms with Crippen LogP contribution in [0.4, 0.5) is 10.1 Å². The molecule has 0 bridgehead atoms. The summed E-state index contributed by atoms with van der Waals surface area (Å²) in [4.78, 5) is 32.5. The number of nitrogens with zero attached hydrogens (tertiary/aromatic N) is 1. The fraction of sp³-hybridized carbons (Fsp3) is 0.429. The van der Waals surface area contributed by atoms with Gasteiger partial charge in [-0.3, -0.25) is 19.7 Å². The minimum absolute atomic E-state index is 0.0580. The second-order valence-corrected chi connectivity index (χ2v) is 4.84. The summed E-state index contributed by atoms with van der Waals surface area (Å²) in [6, 6.07) is 1.84. The fourth-order valence-corrected chi connectivity index (χ4v) is 2.03. The van der Waals surface area contributed by atoms with E-state index in [1.54, 1.807) is 0 Å². The molecule has 0 heterocycles. The van der Waals surface area contributed by atoms with E-state index in [1.807, 2.05) is 0 Å². The summed E-state index contributed by atoms with van der Waals surface area (Å²) >= 11 is 0. The van der Waals surface area contributed by atoms with Crippen molar-refractivity contribution in [3.05, 3.63) is 39.2 Å². The average molecular weight is 312 g/mol. The Hall–Kier alpha value is -2.51. The van der Waals surface area contributed by atoms with Gasteiger partial charge in [-0.25, -0.2) is 4.39 Å². The molecule has 0 radical (unpaired) electrons. The Kier molecular flexibility index (Phi) is 6.43. The van der Waals surface area contributed by atoms with Gasteiger partial charge in [-0.2, -0.15) is 0 Å². The van der Waals surface area contributed by atoms with Crippen molar-refractivity contribution in [1.29, 1.82) is 0 Å². The SMILES string of the molecule is Cc1cc(F)cc(C(=O)NCCCCCC(=O)O)c1[N+](=O)[O-]. The Balaban J connectivity index is 2.62. The lowest BCUT2D eigenvalue weighted by molar-refractivity contribution is -0.385. The maximum absolute atomic E-state index is 13.3. The van der Waals surface area contributed by atoms with Gasteiger partial charge in [0, 0.05) is 18.5 Å². The predicted octanol–water partition coefficient (Wildman–Crippen LogP) is 2.42. The van der Waals surface area contributed by atoms with E-state index in [4.69, 9.17) is 5.11 Å². The number of nitro benzene ring substituents is 1. The first kappa shape index (κ1) is 17.5. The molecule has 0 aliphatic carbocycles. The van der Waals surface area contributed by atoms with Gasteiger partial charge in [-0.1, -0.05) is 6.42 Å². The largest absolute Gasteiger partial charge is 0.481 e. The van der Waals surface area contributed by atoms with Crippen molar-refractivity contribution >= 4 is 17.6 Å². The third kappa shape index (κ3) is 5.12. The summed E-state index contributed by atoms with van der Waals surface area (Å²) in [5.74, 6) is -2.31. The van der Waals surface area contributed by atoms with Crippen LogP contribution in [-0.4, -0.2) is 28.5 Å². The Bertz CT molecular complexity index is 589. The molecule has 1 aromatic rings. The summed E-state index contributed by atoms with van der Waals surface area (Å²) < 4.78 is 13.3. The molecule has 0 saturated carbocycles. The summed E-state index contributed by atoms with van der Waals surface area (Å²) in [6.07, 6.45) is 1.70. The zero-order valence-electron chi connectivity index (χ0n) is 12.1. The van der Waals surface area contributed by atoms with E-state index in [9.17, 15) is 24.1 Å². The van der Waals surface area contributed by atoms with Crippen LogP contribution in [0.1, 0.15) is 41.6 Å². The van der Waals surface area contributed by atoms with Gasteiger partial charge in [0.2, 0.25) is 0 Å². The first-order valence-corrected chi connectivity index (χ1v) is 6.77. The smallest absolute Gasteiger partial charge is 0.303 e. The molecular weight excluding hydrogens is 295 g/mol. The number of unbranched alkanes of at least 4 members (excludes halogenated alkanes) is 2. The highest BCUT2D eigenvalue weighted by molar-refractivity contribution is 5.98. The topological polar surface area (TPSA) is 110 Å². The number of benzene rings is 1. The number of amides is 1. The Morgan fingerprint density at radius 2 is 2.00 bits per heavy atom. The van der Waals surface area contributed by atoms with Crippen molar-refractivity contribution < 1.29 is 24.0 Å². The Labute approximate surface area is 126 Å². The molecule has 0 aliphatic heterocycles. The van der Waals surface area contributed by atoms with E-state index >= 15 is 0 Å². The Morgan fingerprint density at radius 1 is 1.32 bits per heavy atom. The lowest BCUT2D eigenvalue weighted by Gasteiger charge is -2.07. The highest BCUT2D eigenvalue weighted by Gasteiger charge is 2.23. The van der Waals surface area contributed by atoms with Gasteiger partial charge in [0.1, 0.15) is 11.4 Å². The number of aryl methyl sites for hydroxylation is 1. The van der Waals surface area contributed by atoms with Gasteiger partial charge in [-0.15, -0.1) is 0 Å². The van der Waals surface area contributed by atoms with Crippen LogP contribution < -0.4 is 5.32 Å². The standard InChI is InChI=1S/C14H17FN2O5/c1-9-7-10(15)8-11(13(9)17(21)22)14(20)16-6-4-2-3-5-12(18)19/h7-8H,2-6H2,1H3,(H,16,20)(H,18,19). The number of hydrogen-bond acceptors (Lipinski definition) is 4. The lowest BCUT2D eigenvalue weighted by atomic mass is 10.1. The van der Waals surface area contributed by atoms with E-state index in [0.29, 0.717) is 19.3 Å². The monoisotopic (exact) mass is 312 g/mol. The molecule has 0 unspecified atom stereocenters. The van der Waals surface area contributed by atoms with Crippen molar-refractivity contribution in [1.82, 2.24) is 5.32 Å². The number of aliphatic carboxylic acids is 1. The first-order valence-electron chi connectivity index (χ1n) is 6.77. The third-order valence-electron chi connectivity index (χ3n) is 3.05. The number of halogens is 1. The van der Waals surface area contributed by atoms with Gasteiger partial charge < -0.3 is 10.4 Å². The normalized spacial score (nSPS) is 10.3. The molecule has 0 aromatic heterocycles. The molecule has 0 saturated heterocycles. The van der Waals surface area contributed by atoms with Gasteiger partial charge in [0.25, 0.3) is 11.6 Å². The number of carboxylic acids is 1. The second-order valence-electron chi connectivity index (χ2n) is 4.84. The third-order valence-corrected chi connectivity index (χ3v) is 3.05. The molecule has 2 N–H and O–H groups in total. The molecule has 7 nitrogen and oxygen atoms in total. The molecule has 0 atom stereocenters. The van der Waals surface area contributed by atoms with Gasteiger partial charge in [0.15, 0.2) is 0 Å². The molecule has 1 amide bonds. The van der Waals surface area contributed by atoms with E-state index in [1.165, 1.54) is 6.92 Å². The fourth-order valence-electron chi connectivity index (χ4n) is 2.03. The lowest BCUT2D eigenvalue weighted by Crippen LogP contribution is -2.25. The first-order chi connectivity index (χ1) is 10.3. The van der Waals surface area contributed by atoms with Gasteiger partial charge in [-0.05, 0) is 31.9 Å². The van der Waals surface area contributed by atoms with E-state index in [0.717, 1.165) is 12.1 Å². The summed E-state index contributed by atoms with van der Waals surface area (Å²) in [5, 5.41) is 21.9. The van der Waals surface area contributed by atoms with Crippen molar-refractivity contribution in [2.75, 3.05) is 6.54 Å². The van der Waals surface area contributed by atoms with E-state index in [-0.39, 0.29) is 24.1 Å². The van der Waals surface area contributed by atoms with Crippen LogP contribution in [0.3, 0.4) is 0 Å². The van der Waals surface area contributed by atoms with E-state index in [2.05, 4.69) is 5.32 Å². The van der Waals surface area contributed by atoms with Crippen molar-refractivity contribution in [2.24, 2.45) is 0 Å². The molecule has 120 valence electrons. The molecule has 0 aliphatic rings. The molecule has 0 fully saturated rings. The zero-order chi connectivity index (χ0) is 16.7. The zero-order valence-corrected chi connectivity index (χ0v) is 12.1. The molecule has 8 heteroatoms. The van der Waals surface area contributed by atoms with Crippen molar-refractivity contribution in [3.8, 4) is 0 Å². The highest BCUT2D eigenvalue weighted by atomic mass is 19.1. The summed E-state index contributed by atoms with van der Waals surface area (Å²) in [7, 11) is 0. The number of carbonyl (C=O) groups is 2. The number of carbonyl (C=O) groups excluding carboxylic acids is 1. The van der Waals surface area contributed by atoms with Crippen LogP contribution in [0.2, 0.25) is 0 Å². The summed E-state index contributed by atoms with van der Waals surface area (Å²) in [6.45, 7) is 1.61. The number of hydrogen-bond donors (Lipinski definition) is 2.